The average molecular weight is 324 g/mol. The summed E-state index contributed by atoms with van der Waals surface area (Å²) in [7, 11) is 0. The van der Waals surface area contributed by atoms with Gasteiger partial charge in [0.1, 0.15) is 5.82 Å². The molecular formula is C14H15BrFN3. The highest BCUT2D eigenvalue weighted by molar-refractivity contribution is 9.10. The fourth-order valence-corrected chi connectivity index (χ4v) is 2.93. The standard InChI is InChI=1S/C14H15BrFN3/c15-12-6-11(3-4-13(12)16)19-9-18-8-14(19)10-2-1-5-17-7-10/h3-4,6,8-10,17H,1-2,5,7H2. The van der Waals surface area contributed by atoms with Gasteiger partial charge in [0.25, 0.3) is 0 Å². The molecule has 1 aromatic heterocycles. The van der Waals surface area contributed by atoms with Gasteiger partial charge >= 0.3 is 0 Å². The van der Waals surface area contributed by atoms with Crippen LogP contribution < -0.4 is 5.32 Å². The number of nitrogens with one attached hydrogen (secondary N) is 1. The number of hydrogen-bond acceptors (Lipinski definition) is 2. The Balaban J connectivity index is 1.96. The van der Waals surface area contributed by atoms with E-state index in [1.165, 1.54) is 24.6 Å². The third kappa shape index (κ3) is 2.58. The number of rotatable bonds is 2. The molecule has 5 heteroatoms. The van der Waals surface area contributed by atoms with Gasteiger partial charge < -0.3 is 9.88 Å². The summed E-state index contributed by atoms with van der Waals surface area (Å²) >= 11 is 3.23. The third-order valence-electron chi connectivity index (χ3n) is 3.56. The molecule has 1 atom stereocenters. The second kappa shape index (κ2) is 5.43. The minimum absolute atomic E-state index is 0.246. The molecule has 0 saturated carbocycles. The van der Waals surface area contributed by atoms with E-state index in [0.717, 1.165) is 18.8 Å². The molecule has 0 radical (unpaired) electrons. The fraction of sp³-hybridized carbons (Fsp3) is 0.357. The Bertz CT molecular complexity index is 576. The Kier molecular flexibility index (Phi) is 3.66. The van der Waals surface area contributed by atoms with Gasteiger partial charge in [-0.15, -0.1) is 0 Å². The van der Waals surface area contributed by atoms with Crippen LogP contribution in [-0.2, 0) is 0 Å². The second-order valence-electron chi connectivity index (χ2n) is 4.83. The van der Waals surface area contributed by atoms with Gasteiger partial charge in [0, 0.05) is 30.0 Å². The molecule has 1 aliphatic rings. The second-order valence-corrected chi connectivity index (χ2v) is 5.68. The zero-order chi connectivity index (χ0) is 13.2. The largest absolute Gasteiger partial charge is 0.316 e. The van der Waals surface area contributed by atoms with E-state index in [1.54, 1.807) is 18.5 Å². The van der Waals surface area contributed by atoms with Gasteiger partial charge in [-0.3, -0.25) is 0 Å². The van der Waals surface area contributed by atoms with Crippen LogP contribution in [0.2, 0.25) is 0 Å². The summed E-state index contributed by atoms with van der Waals surface area (Å²) < 4.78 is 15.8. The SMILES string of the molecule is Fc1ccc(-n2cncc2C2CCCNC2)cc1Br. The third-order valence-corrected chi connectivity index (χ3v) is 4.17. The molecule has 1 aromatic carbocycles. The van der Waals surface area contributed by atoms with Crippen molar-refractivity contribution < 1.29 is 4.39 Å². The first kappa shape index (κ1) is 12.8. The van der Waals surface area contributed by atoms with Crippen molar-refractivity contribution in [1.29, 1.82) is 0 Å². The summed E-state index contributed by atoms with van der Waals surface area (Å²) in [4.78, 5) is 4.25. The van der Waals surface area contributed by atoms with Crippen molar-refractivity contribution in [1.82, 2.24) is 14.9 Å². The van der Waals surface area contributed by atoms with E-state index in [-0.39, 0.29) is 5.82 Å². The van der Waals surface area contributed by atoms with Gasteiger partial charge in [-0.2, -0.15) is 0 Å². The normalized spacial score (nSPS) is 19.6. The quantitative estimate of drug-likeness (QED) is 0.919. The molecule has 0 amide bonds. The maximum absolute atomic E-state index is 13.3. The molecule has 1 N–H and O–H groups in total. The topological polar surface area (TPSA) is 29.9 Å². The summed E-state index contributed by atoms with van der Waals surface area (Å²) in [6.45, 7) is 2.07. The lowest BCUT2D eigenvalue weighted by Crippen LogP contribution is -2.29. The van der Waals surface area contributed by atoms with Gasteiger partial charge in [0.15, 0.2) is 0 Å². The molecule has 100 valence electrons. The van der Waals surface area contributed by atoms with Crippen LogP contribution in [0.15, 0.2) is 35.2 Å². The molecule has 3 rings (SSSR count). The lowest BCUT2D eigenvalue weighted by atomic mass is 9.96. The van der Waals surface area contributed by atoms with Gasteiger partial charge in [-0.1, -0.05) is 0 Å². The smallest absolute Gasteiger partial charge is 0.137 e. The number of benzene rings is 1. The van der Waals surface area contributed by atoms with E-state index in [4.69, 9.17) is 0 Å². The van der Waals surface area contributed by atoms with Crippen molar-refractivity contribution in [2.75, 3.05) is 13.1 Å². The van der Waals surface area contributed by atoms with Gasteiger partial charge in [0.2, 0.25) is 0 Å². The van der Waals surface area contributed by atoms with Crippen molar-refractivity contribution in [3.8, 4) is 5.69 Å². The minimum Gasteiger partial charge on any atom is -0.316 e. The molecule has 2 heterocycles. The van der Waals surface area contributed by atoms with Crippen LogP contribution in [0.5, 0.6) is 0 Å². The van der Waals surface area contributed by atoms with Gasteiger partial charge in [-0.25, -0.2) is 9.37 Å². The van der Waals surface area contributed by atoms with E-state index in [9.17, 15) is 4.39 Å². The van der Waals surface area contributed by atoms with Crippen molar-refractivity contribution >= 4 is 15.9 Å². The van der Waals surface area contributed by atoms with E-state index >= 15 is 0 Å². The summed E-state index contributed by atoms with van der Waals surface area (Å²) in [6, 6.07) is 5.04. The molecule has 19 heavy (non-hydrogen) atoms. The van der Waals surface area contributed by atoms with Crippen LogP contribution in [0.1, 0.15) is 24.5 Å². The fourth-order valence-electron chi connectivity index (χ4n) is 2.56. The number of nitrogens with zero attached hydrogens (tertiary/aromatic N) is 2. The van der Waals surface area contributed by atoms with Gasteiger partial charge in [0.05, 0.1) is 10.8 Å². The van der Waals surface area contributed by atoms with Crippen LogP contribution in [-0.4, -0.2) is 22.6 Å². The first-order chi connectivity index (χ1) is 9.25. The molecule has 1 aliphatic heterocycles. The highest BCUT2D eigenvalue weighted by Crippen LogP contribution is 2.27. The number of piperidine rings is 1. The molecule has 1 saturated heterocycles. The highest BCUT2D eigenvalue weighted by Gasteiger charge is 2.19. The number of halogens is 2. The molecule has 3 nitrogen and oxygen atoms in total. The summed E-state index contributed by atoms with van der Waals surface area (Å²) in [5, 5.41) is 3.41. The molecule has 0 spiro atoms. The van der Waals surface area contributed by atoms with Crippen molar-refractivity contribution in [3.05, 3.63) is 46.7 Å². The maximum atomic E-state index is 13.3. The molecule has 2 aromatic rings. The molecular weight excluding hydrogens is 309 g/mol. The Morgan fingerprint density at radius 3 is 3.05 bits per heavy atom. The predicted octanol–water partition coefficient (Wildman–Crippen LogP) is 3.24. The predicted molar refractivity (Wildman–Crippen MR) is 76.1 cm³/mol. The van der Waals surface area contributed by atoms with Gasteiger partial charge in [-0.05, 0) is 53.5 Å². The van der Waals surface area contributed by atoms with Crippen molar-refractivity contribution in [3.63, 3.8) is 0 Å². The number of imidazole rings is 1. The van der Waals surface area contributed by atoms with Crippen LogP contribution in [0, 0.1) is 5.82 Å². The van der Waals surface area contributed by atoms with Crippen LogP contribution in [0.3, 0.4) is 0 Å². The monoisotopic (exact) mass is 323 g/mol. The Hall–Kier alpha value is -1.20. The van der Waals surface area contributed by atoms with E-state index in [0.29, 0.717) is 10.4 Å². The van der Waals surface area contributed by atoms with Crippen LogP contribution >= 0.6 is 15.9 Å². The van der Waals surface area contributed by atoms with Crippen molar-refractivity contribution in [2.45, 2.75) is 18.8 Å². The molecule has 1 fully saturated rings. The minimum atomic E-state index is -0.246. The summed E-state index contributed by atoms with van der Waals surface area (Å²) in [6.07, 6.45) is 6.06. The van der Waals surface area contributed by atoms with Crippen LogP contribution in [0.4, 0.5) is 4.39 Å². The molecule has 1 unspecified atom stereocenters. The number of aromatic nitrogens is 2. The van der Waals surface area contributed by atoms with E-state index < -0.39 is 0 Å². The van der Waals surface area contributed by atoms with Crippen LogP contribution in [0.25, 0.3) is 5.69 Å². The lowest BCUT2D eigenvalue weighted by molar-refractivity contribution is 0.451. The summed E-state index contributed by atoms with van der Waals surface area (Å²) in [5.74, 6) is 0.227. The molecule has 0 aliphatic carbocycles. The maximum Gasteiger partial charge on any atom is 0.137 e. The first-order valence-electron chi connectivity index (χ1n) is 6.44. The first-order valence-corrected chi connectivity index (χ1v) is 7.23. The zero-order valence-electron chi connectivity index (χ0n) is 10.4. The lowest BCUT2D eigenvalue weighted by Gasteiger charge is -2.23. The molecule has 0 bridgehead atoms. The number of hydrogen-bond donors (Lipinski definition) is 1. The highest BCUT2D eigenvalue weighted by atomic mass is 79.9. The Morgan fingerprint density at radius 1 is 1.42 bits per heavy atom. The summed E-state index contributed by atoms with van der Waals surface area (Å²) in [5.41, 5.74) is 2.12. The van der Waals surface area contributed by atoms with E-state index in [2.05, 4.69) is 26.2 Å². The Morgan fingerprint density at radius 2 is 2.32 bits per heavy atom. The zero-order valence-corrected chi connectivity index (χ0v) is 12.0. The van der Waals surface area contributed by atoms with Crippen molar-refractivity contribution in [2.24, 2.45) is 0 Å². The Labute approximate surface area is 120 Å². The average Bonchev–Trinajstić information content (AvgIpc) is 2.92. The van der Waals surface area contributed by atoms with E-state index in [1.807, 2.05) is 10.8 Å².